The van der Waals surface area contributed by atoms with Crippen LogP contribution in [0, 0.1) is 13.8 Å². The molecular weight excluding hydrogens is 214 g/mol. The lowest BCUT2D eigenvalue weighted by Crippen LogP contribution is -2.22. The zero-order chi connectivity index (χ0) is 13.0. The van der Waals surface area contributed by atoms with Gasteiger partial charge in [-0.2, -0.15) is 0 Å². The molecule has 0 unspecified atom stereocenters. The molecule has 1 amide bonds. The molecule has 3 nitrogen and oxygen atoms in total. The molecule has 92 valence electrons. The second kappa shape index (κ2) is 5.62. The summed E-state index contributed by atoms with van der Waals surface area (Å²) in [4.78, 5) is 24.8. The third-order valence-electron chi connectivity index (χ3n) is 2.75. The van der Waals surface area contributed by atoms with E-state index in [2.05, 4.69) is 0 Å². The van der Waals surface area contributed by atoms with Crippen molar-refractivity contribution in [1.82, 2.24) is 4.90 Å². The van der Waals surface area contributed by atoms with Crippen LogP contribution in [-0.4, -0.2) is 30.7 Å². The summed E-state index contributed by atoms with van der Waals surface area (Å²) in [5.41, 5.74) is 2.85. The molecule has 0 aliphatic heterocycles. The average Bonchev–Trinajstić information content (AvgIpc) is 2.25. The van der Waals surface area contributed by atoms with E-state index in [1.165, 1.54) is 4.90 Å². The fourth-order valence-corrected chi connectivity index (χ4v) is 1.71. The van der Waals surface area contributed by atoms with Gasteiger partial charge in [-0.05, 0) is 19.4 Å². The van der Waals surface area contributed by atoms with Crippen LogP contribution < -0.4 is 0 Å². The van der Waals surface area contributed by atoms with Gasteiger partial charge in [-0.15, -0.1) is 0 Å². The van der Waals surface area contributed by atoms with E-state index in [0.29, 0.717) is 0 Å². The molecule has 0 saturated carbocycles. The lowest BCUT2D eigenvalue weighted by molar-refractivity contribution is -0.128. The number of Topliss-reactive ketones (excluding diaryl/α,β-unsaturated/α-hetero) is 1. The summed E-state index contributed by atoms with van der Waals surface area (Å²) < 4.78 is 0. The van der Waals surface area contributed by atoms with Crippen LogP contribution >= 0.6 is 0 Å². The standard InChI is InChI=1S/C14H19NO2/c1-10-5-6-12(11(2)9-10)13(16)7-8-14(17)15(3)4/h5-6,9H,7-8H2,1-4H3. The molecule has 0 saturated heterocycles. The maximum Gasteiger partial charge on any atom is 0.222 e. The van der Waals surface area contributed by atoms with Crippen molar-refractivity contribution in [3.05, 3.63) is 34.9 Å². The molecule has 1 aromatic rings. The predicted molar refractivity (Wildman–Crippen MR) is 68.2 cm³/mol. The number of ketones is 1. The van der Waals surface area contributed by atoms with Crippen LogP contribution in [0.1, 0.15) is 34.3 Å². The monoisotopic (exact) mass is 233 g/mol. The third kappa shape index (κ3) is 3.70. The van der Waals surface area contributed by atoms with Crippen LogP contribution in [0.5, 0.6) is 0 Å². The van der Waals surface area contributed by atoms with Gasteiger partial charge in [0, 0.05) is 32.5 Å². The highest BCUT2D eigenvalue weighted by Gasteiger charge is 2.12. The Hall–Kier alpha value is -1.64. The van der Waals surface area contributed by atoms with Crippen molar-refractivity contribution in [1.29, 1.82) is 0 Å². The minimum atomic E-state index is -0.0110. The van der Waals surface area contributed by atoms with E-state index in [1.807, 2.05) is 32.0 Å². The molecule has 0 N–H and O–H groups in total. The van der Waals surface area contributed by atoms with Crippen LogP contribution in [0.4, 0.5) is 0 Å². The topological polar surface area (TPSA) is 37.4 Å². The van der Waals surface area contributed by atoms with Gasteiger partial charge in [-0.1, -0.05) is 23.8 Å². The quantitative estimate of drug-likeness (QED) is 0.749. The molecule has 0 bridgehead atoms. The Morgan fingerprint density at radius 2 is 1.76 bits per heavy atom. The van der Waals surface area contributed by atoms with Gasteiger partial charge in [0.25, 0.3) is 0 Å². The number of carbonyl (C=O) groups excluding carboxylic acids is 2. The van der Waals surface area contributed by atoms with Crippen LogP contribution in [0.15, 0.2) is 18.2 Å². The number of amides is 1. The maximum atomic E-state index is 11.9. The van der Waals surface area contributed by atoms with Gasteiger partial charge in [0.15, 0.2) is 5.78 Å². The molecule has 0 aliphatic rings. The smallest absolute Gasteiger partial charge is 0.222 e. The maximum absolute atomic E-state index is 11.9. The van der Waals surface area contributed by atoms with Crippen molar-refractivity contribution in [2.45, 2.75) is 26.7 Å². The van der Waals surface area contributed by atoms with Gasteiger partial charge >= 0.3 is 0 Å². The lowest BCUT2D eigenvalue weighted by Gasteiger charge is -2.10. The van der Waals surface area contributed by atoms with Crippen LogP contribution in [0.3, 0.4) is 0 Å². The van der Waals surface area contributed by atoms with Crippen molar-refractivity contribution >= 4 is 11.7 Å². The van der Waals surface area contributed by atoms with E-state index < -0.39 is 0 Å². The average molecular weight is 233 g/mol. The van der Waals surface area contributed by atoms with E-state index in [4.69, 9.17) is 0 Å². The van der Waals surface area contributed by atoms with E-state index in [9.17, 15) is 9.59 Å². The molecule has 0 heterocycles. The van der Waals surface area contributed by atoms with Crippen molar-refractivity contribution < 1.29 is 9.59 Å². The number of carbonyl (C=O) groups is 2. The Balaban J connectivity index is 2.68. The van der Waals surface area contributed by atoms with Crippen LogP contribution in [0.2, 0.25) is 0 Å². The first-order valence-corrected chi connectivity index (χ1v) is 5.72. The molecule has 0 atom stereocenters. The largest absolute Gasteiger partial charge is 0.349 e. The zero-order valence-electron chi connectivity index (χ0n) is 10.9. The van der Waals surface area contributed by atoms with E-state index in [0.717, 1.165) is 16.7 Å². The minimum absolute atomic E-state index is 0.0110. The first-order valence-electron chi connectivity index (χ1n) is 5.72. The van der Waals surface area contributed by atoms with Crippen molar-refractivity contribution in [2.24, 2.45) is 0 Å². The van der Waals surface area contributed by atoms with Crippen molar-refractivity contribution in [2.75, 3.05) is 14.1 Å². The predicted octanol–water partition coefficient (Wildman–Crippen LogP) is 2.35. The van der Waals surface area contributed by atoms with E-state index >= 15 is 0 Å². The Morgan fingerprint density at radius 1 is 1.12 bits per heavy atom. The Morgan fingerprint density at radius 3 is 2.29 bits per heavy atom. The number of nitrogens with zero attached hydrogens (tertiary/aromatic N) is 1. The van der Waals surface area contributed by atoms with Gasteiger partial charge in [0.1, 0.15) is 0 Å². The molecule has 1 aromatic carbocycles. The van der Waals surface area contributed by atoms with Crippen molar-refractivity contribution in [3.63, 3.8) is 0 Å². The summed E-state index contributed by atoms with van der Waals surface area (Å²) >= 11 is 0. The minimum Gasteiger partial charge on any atom is -0.349 e. The second-order valence-corrected chi connectivity index (χ2v) is 4.53. The fourth-order valence-electron chi connectivity index (χ4n) is 1.71. The lowest BCUT2D eigenvalue weighted by atomic mass is 9.99. The highest BCUT2D eigenvalue weighted by Crippen LogP contribution is 2.13. The summed E-state index contributed by atoms with van der Waals surface area (Å²) in [6, 6.07) is 5.75. The molecule has 0 aromatic heterocycles. The number of hydrogen-bond donors (Lipinski definition) is 0. The molecule has 0 aliphatic carbocycles. The van der Waals surface area contributed by atoms with Gasteiger partial charge in [0.2, 0.25) is 5.91 Å². The van der Waals surface area contributed by atoms with E-state index in [-0.39, 0.29) is 24.5 Å². The molecule has 0 spiro atoms. The number of hydrogen-bond acceptors (Lipinski definition) is 2. The van der Waals surface area contributed by atoms with Crippen LogP contribution in [-0.2, 0) is 4.79 Å². The fraction of sp³-hybridized carbons (Fsp3) is 0.429. The highest BCUT2D eigenvalue weighted by atomic mass is 16.2. The molecule has 0 radical (unpaired) electrons. The third-order valence-corrected chi connectivity index (χ3v) is 2.75. The zero-order valence-corrected chi connectivity index (χ0v) is 10.9. The summed E-state index contributed by atoms with van der Waals surface area (Å²) in [5, 5.41) is 0. The molecule has 1 rings (SSSR count). The molecule has 0 fully saturated rings. The Bertz CT molecular complexity index is 436. The Labute approximate surface area is 102 Å². The molecular formula is C14H19NO2. The SMILES string of the molecule is Cc1ccc(C(=O)CCC(=O)N(C)C)c(C)c1. The first kappa shape index (κ1) is 13.4. The normalized spacial score (nSPS) is 10.1. The van der Waals surface area contributed by atoms with Crippen molar-refractivity contribution in [3.8, 4) is 0 Å². The van der Waals surface area contributed by atoms with Gasteiger partial charge in [-0.25, -0.2) is 0 Å². The van der Waals surface area contributed by atoms with Gasteiger partial charge in [0.05, 0.1) is 0 Å². The first-order chi connectivity index (χ1) is 7.91. The summed E-state index contributed by atoms with van der Waals surface area (Å²) in [6.07, 6.45) is 0.556. The molecule has 17 heavy (non-hydrogen) atoms. The summed E-state index contributed by atoms with van der Waals surface area (Å²) in [7, 11) is 3.40. The summed E-state index contributed by atoms with van der Waals surface area (Å²) in [5.74, 6) is 0.0285. The number of benzene rings is 1. The highest BCUT2D eigenvalue weighted by molar-refractivity contribution is 5.99. The number of rotatable bonds is 4. The second-order valence-electron chi connectivity index (χ2n) is 4.53. The van der Waals surface area contributed by atoms with Crippen LogP contribution in [0.25, 0.3) is 0 Å². The molecule has 3 heteroatoms. The number of aryl methyl sites for hydroxylation is 2. The summed E-state index contributed by atoms with van der Waals surface area (Å²) in [6.45, 7) is 3.92. The van der Waals surface area contributed by atoms with E-state index in [1.54, 1.807) is 14.1 Å². The Kier molecular flexibility index (Phi) is 4.44. The van der Waals surface area contributed by atoms with Gasteiger partial charge in [-0.3, -0.25) is 9.59 Å². The van der Waals surface area contributed by atoms with Gasteiger partial charge < -0.3 is 4.90 Å².